The summed E-state index contributed by atoms with van der Waals surface area (Å²) in [6.45, 7) is 0. The highest BCUT2D eigenvalue weighted by Gasteiger charge is 2.21. The first-order valence-corrected chi connectivity index (χ1v) is 4.01. The average Bonchev–Trinajstić information content (AvgIpc) is 2.07. The molecule has 0 atom stereocenters. The summed E-state index contributed by atoms with van der Waals surface area (Å²) >= 11 is 4.83. The zero-order valence-corrected chi connectivity index (χ0v) is 7.06. The van der Waals surface area contributed by atoms with Crippen LogP contribution in [-0.2, 0) is 11.2 Å². The van der Waals surface area contributed by atoms with Crippen molar-refractivity contribution < 1.29 is 9.53 Å². The molecule has 0 amide bonds. The second-order valence-corrected chi connectivity index (χ2v) is 3.09. The number of thiocarbonyl (C=S) groups is 1. The zero-order chi connectivity index (χ0) is 8.55. The van der Waals surface area contributed by atoms with Gasteiger partial charge < -0.3 is 4.74 Å². The van der Waals surface area contributed by atoms with E-state index in [4.69, 9.17) is 17.0 Å². The molecule has 0 spiro atoms. The van der Waals surface area contributed by atoms with Gasteiger partial charge in [-0.15, -0.1) is 0 Å². The number of carbonyl (C=O) groups excluding carboxylic acids is 1. The molecule has 1 aliphatic rings. The number of carbonyl (C=O) groups is 1. The number of rotatable bonds is 0. The maximum absolute atomic E-state index is 11.0. The van der Waals surface area contributed by atoms with Gasteiger partial charge in [-0.05, 0) is 6.07 Å². The molecule has 1 aromatic carbocycles. The van der Waals surface area contributed by atoms with Crippen LogP contribution in [0, 0.1) is 0 Å². The van der Waals surface area contributed by atoms with Crippen LogP contribution in [0.1, 0.15) is 5.56 Å². The summed E-state index contributed by atoms with van der Waals surface area (Å²) in [5.74, 6) is 0.250. The third-order valence-corrected chi connectivity index (χ3v) is 2.06. The Labute approximate surface area is 75.2 Å². The van der Waals surface area contributed by atoms with Gasteiger partial charge in [0.15, 0.2) is 0 Å². The van der Waals surface area contributed by atoms with Crippen LogP contribution >= 0.6 is 12.2 Å². The van der Waals surface area contributed by atoms with Gasteiger partial charge in [0.1, 0.15) is 10.6 Å². The van der Waals surface area contributed by atoms with Gasteiger partial charge in [0.2, 0.25) is 0 Å². The van der Waals surface area contributed by atoms with Gasteiger partial charge in [0, 0.05) is 12.0 Å². The van der Waals surface area contributed by atoms with Crippen molar-refractivity contribution in [3.05, 3.63) is 29.8 Å². The van der Waals surface area contributed by atoms with E-state index >= 15 is 0 Å². The molecule has 0 fully saturated rings. The van der Waals surface area contributed by atoms with Gasteiger partial charge in [-0.1, -0.05) is 30.4 Å². The molecule has 0 aromatic heterocycles. The van der Waals surface area contributed by atoms with Crippen molar-refractivity contribution in [2.75, 3.05) is 0 Å². The van der Waals surface area contributed by atoms with Crippen molar-refractivity contribution in [2.45, 2.75) is 6.42 Å². The van der Waals surface area contributed by atoms with Crippen molar-refractivity contribution in [3.8, 4) is 5.75 Å². The fraction of sp³-hybridized carbons (Fsp3) is 0.111. The SMILES string of the molecule is O=C1Oc2ccccc2CC1=S. The number of hydrogen-bond acceptors (Lipinski definition) is 3. The molecular formula is C9H6O2S. The molecule has 60 valence electrons. The normalized spacial score (nSPS) is 15.3. The summed E-state index contributed by atoms with van der Waals surface area (Å²) in [7, 11) is 0. The predicted molar refractivity (Wildman–Crippen MR) is 48.4 cm³/mol. The molecule has 12 heavy (non-hydrogen) atoms. The Morgan fingerprint density at radius 1 is 1.33 bits per heavy atom. The molecule has 1 heterocycles. The van der Waals surface area contributed by atoms with Crippen LogP contribution in [0.15, 0.2) is 24.3 Å². The lowest BCUT2D eigenvalue weighted by molar-refractivity contribution is -0.127. The van der Waals surface area contributed by atoms with Crippen molar-refractivity contribution in [1.82, 2.24) is 0 Å². The Kier molecular flexibility index (Phi) is 1.66. The number of hydrogen-bond donors (Lipinski definition) is 0. The van der Waals surface area contributed by atoms with Gasteiger partial charge in [-0.3, -0.25) is 0 Å². The fourth-order valence-corrected chi connectivity index (χ4v) is 1.35. The highest BCUT2D eigenvalue weighted by molar-refractivity contribution is 7.82. The van der Waals surface area contributed by atoms with E-state index in [0.29, 0.717) is 17.0 Å². The molecule has 0 unspecified atom stereocenters. The third kappa shape index (κ3) is 1.12. The van der Waals surface area contributed by atoms with Crippen molar-refractivity contribution in [3.63, 3.8) is 0 Å². The van der Waals surface area contributed by atoms with E-state index in [1.54, 1.807) is 6.07 Å². The molecule has 0 aliphatic carbocycles. The Morgan fingerprint density at radius 3 is 2.92 bits per heavy atom. The summed E-state index contributed by atoms with van der Waals surface area (Å²) in [6.07, 6.45) is 0.532. The Bertz CT molecular complexity index is 322. The second-order valence-electron chi connectivity index (χ2n) is 2.60. The summed E-state index contributed by atoms with van der Waals surface area (Å²) in [4.78, 5) is 11.3. The topological polar surface area (TPSA) is 26.3 Å². The molecular weight excluding hydrogens is 172 g/mol. The van der Waals surface area contributed by atoms with E-state index in [1.807, 2.05) is 18.2 Å². The lowest BCUT2D eigenvalue weighted by Crippen LogP contribution is -2.25. The highest BCUT2D eigenvalue weighted by atomic mass is 32.1. The van der Waals surface area contributed by atoms with E-state index in [-0.39, 0.29) is 5.97 Å². The van der Waals surface area contributed by atoms with E-state index in [2.05, 4.69) is 0 Å². The molecule has 0 bridgehead atoms. The lowest BCUT2D eigenvalue weighted by atomic mass is 10.1. The van der Waals surface area contributed by atoms with Crippen LogP contribution < -0.4 is 4.74 Å². The maximum atomic E-state index is 11.0. The summed E-state index contributed by atoms with van der Waals surface area (Å²) in [6, 6.07) is 7.42. The smallest absolute Gasteiger partial charge is 0.350 e. The van der Waals surface area contributed by atoms with Crippen molar-refractivity contribution in [1.29, 1.82) is 0 Å². The number of para-hydroxylation sites is 1. The minimum absolute atomic E-state index is 0.355. The first-order valence-electron chi connectivity index (χ1n) is 3.60. The number of ether oxygens (including phenoxy) is 1. The van der Waals surface area contributed by atoms with Crippen LogP contribution in [0.4, 0.5) is 0 Å². The van der Waals surface area contributed by atoms with Gasteiger partial charge in [-0.2, -0.15) is 0 Å². The first-order chi connectivity index (χ1) is 5.77. The van der Waals surface area contributed by atoms with Crippen LogP contribution in [0.25, 0.3) is 0 Å². The molecule has 1 aromatic rings. The van der Waals surface area contributed by atoms with Crippen LogP contribution in [0.2, 0.25) is 0 Å². The van der Waals surface area contributed by atoms with Crippen LogP contribution in [0.3, 0.4) is 0 Å². The monoisotopic (exact) mass is 178 g/mol. The average molecular weight is 178 g/mol. The van der Waals surface area contributed by atoms with E-state index in [0.717, 1.165) is 5.56 Å². The second kappa shape index (κ2) is 2.68. The quantitative estimate of drug-likeness (QED) is 0.342. The number of esters is 1. The molecule has 0 N–H and O–H groups in total. The lowest BCUT2D eigenvalue weighted by Gasteiger charge is -2.14. The summed E-state index contributed by atoms with van der Waals surface area (Å²) < 4.78 is 4.96. The predicted octanol–water partition coefficient (Wildman–Crippen LogP) is 1.52. The zero-order valence-electron chi connectivity index (χ0n) is 6.24. The Morgan fingerprint density at radius 2 is 2.08 bits per heavy atom. The van der Waals surface area contributed by atoms with E-state index in [1.165, 1.54) is 0 Å². The van der Waals surface area contributed by atoms with Crippen LogP contribution in [0.5, 0.6) is 5.75 Å². The van der Waals surface area contributed by atoms with Gasteiger partial charge in [0.25, 0.3) is 0 Å². The fourth-order valence-electron chi connectivity index (χ4n) is 1.15. The summed E-state index contributed by atoms with van der Waals surface area (Å²) in [5.41, 5.74) is 0.988. The molecule has 0 saturated heterocycles. The third-order valence-electron chi connectivity index (χ3n) is 1.75. The molecule has 2 rings (SSSR count). The largest absolute Gasteiger partial charge is 0.422 e. The molecule has 2 nitrogen and oxygen atoms in total. The minimum atomic E-state index is -0.385. The molecule has 1 aliphatic heterocycles. The number of benzene rings is 1. The van der Waals surface area contributed by atoms with E-state index in [9.17, 15) is 4.79 Å². The summed E-state index contributed by atoms with van der Waals surface area (Å²) in [5, 5.41) is 0. The number of fused-ring (bicyclic) bond motifs is 1. The van der Waals surface area contributed by atoms with E-state index < -0.39 is 0 Å². The Balaban J connectivity index is 2.47. The van der Waals surface area contributed by atoms with Gasteiger partial charge in [0.05, 0.1) is 0 Å². The molecule has 0 radical (unpaired) electrons. The van der Waals surface area contributed by atoms with Crippen LogP contribution in [-0.4, -0.2) is 10.8 Å². The molecule has 0 saturated carbocycles. The van der Waals surface area contributed by atoms with Gasteiger partial charge >= 0.3 is 5.97 Å². The maximum Gasteiger partial charge on any atom is 0.350 e. The first kappa shape index (κ1) is 7.43. The molecule has 3 heteroatoms. The standard InChI is InChI=1S/C9H6O2S/c10-9-8(12)5-6-3-1-2-4-7(6)11-9/h1-4H,5H2. The highest BCUT2D eigenvalue weighted by Crippen LogP contribution is 2.23. The van der Waals surface area contributed by atoms with Crippen molar-refractivity contribution in [2.24, 2.45) is 0 Å². The van der Waals surface area contributed by atoms with Gasteiger partial charge in [-0.25, -0.2) is 4.79 Å². The van der Waals surface area contributed by atoms with Crippen molar-refractivity contribution >= 4 is 23.1 Å². The Hall–Kier alpha value is -1.22. The minimum Gasteiger partial charge on any atom is -0.422 e.